The Morgan fingerprint density at radius 1 is 1.23 bits per heavy atom. The van der Waals surface area contributed by atoms with Gasteiger partial charge in [-0.25, -0.2) is 0 Å². The summed E-state index contributed by atoms with van der Waals surface area (Å²) in [7, 11) is 1.57. The summed E-state index contributed by atoms with van der Waals surface area (Å²) < 4.78 is 6.86. The lowest BCUT2D eigenvalue weighted by molar-refractivity contribution is 0.0534. The fourth-order valence-electron chi connectivity index (χ4n) is 4.57. The van der Waals surface area contributed by atoms with Crippen LogP contribution in [0.4, 0.5) is 0 Å². The molecule has 2 aliphatic heterocycles. The van der Waals surface area contributed by atoms with Crippen LogP contribution in [0.5, 0.6) is 11.5 Å². The molecule has 1 N–H and O–H groups in total. The minimum atomic E-state index is -0.795. The third-order valence-electron chi connectivity index (χ3n) is 6.16. The summed E-state index contributed by atoms with van der Waals surface area (Å²) in [5.41, 5.74) is -0.0915. The number of ketones is 1. The average Bonchev–Trinajstić information content (AvgIpc) is 2.79. The van der Waals surface area contributed by atoms with E-state index in [0.717, 1.165) is 24.8 Å². The van der Waals surface area contributed by atoms with E-state index in [1.165, 1.54) is 10.9 Å². The molecule has 3 heterocycles. The molecule has 2 aromatic rings. The van der Waals surface area contributed by atoms with E-state index in [9.17, 15) is 19.5 Å². The molecule has 0 saturated carbocycles. The van der Waals surface area contributed by atoms with Gasteiger partial charge in [0.15, 0.2) is 17.2 Å². The smallest absolute Gasteiger partial charge is 0.278 e. The van der Waals surface area contributed by atoms with E-state index >= 15 is 0 Å². The Kier molecular flexibility index (Phi) is 5.71. The number of nitrogens with zero attached hydrogens (tertiary/aromatic N) is 3. The summed E-state index contributed by atoms with van der Waals surface area (Å²) in [5, 5.41) is 12.6. The number of methoxy groups -OCH3 is 1. The van der Waals surface area contributed by atoms with Crippen molar-refractivity contribution < 1.29 is 19.4 Å². The first kappa shape index (κ1) is 21.0. The Morgan fingerprint density at radius 2 is 2.00 bits per heavy atom. The van der Waals surface area contributed by atoms with Crippen LogP contribution < -0.4 is 15.2 Å². The molecule has 1 aromatic carbocycles. The second-order valence-electron chi connectivity index (χ2n) is 7.88. The van der Waals surface area contributed by atoms with Crippen molar-refractivity contribution in [1.82, 2.24) is 9.58 Å². The van der Waals surface area contributed by atoms with E-state index < -0.39 is 11.2 Å². The molecule has 1 amide bonds. The maximum absolute atomic E-state index is 13.0. The van der Waals surface area contributed by atoms with Crippen molar-refractivity contribution in [2.75, 3.05) is 25.2 Å². The van der Waals surface area contributed by atoms with Gasteiger partial charge in [-0.15, -0.1) is 0 Å². The third-order valence-corrected chi connectivity index (χ3v) is 6.16. The van der Waals surface area contributed by atoms with Gasteiger partial charge in [-0.05, 0) is 44.2 Å². The molecule has 1 atom stereocenters. The van der Waals surface area contributed by atoms with Crippen LogP contribution in [0.1, 0.15) is 59.0 Å². The highest BCUT2D eigenvalue weighted by Crippen LogP contribution is 2.29. The summed E-state index contributed by atoms with van der Waals surface area (Å²) in [6, 6.07) is 7.41. The number of benzene rings is 1. The predicted molar refractivity (Wildman–Crippen MR) is 115 cm³/mol. The number of fused-ring (bicyclic) bond motifs is 3. The van der Waals surface area contributed by atoms with Gasteiger partial charge in [-0.3, -0.25) is 24.1 Å². The Morgan fingerprint density at radius 3 is 2.74 bits per heavy atom. The van der Waals surface area contributed by atoms with E-state index in [1.54, 1.807) is 12.0 Å². The van der Waals surface area contributed by atoms with Crippen molar-refractivity contribution >= 4 is 11.7 Å². The van der Waals surface area contributed by atoms with E-state index in [-0.39, 0.29) is 35.5 Å². The van der Waals surface area contributed by atoms with E-state index in [0.29, 0.717) is 25.3 Å². The monoisotopic (exact) mass is 425 g/mol. The minimum Gasteiger partial charge on any atom is -0.502 e. The van der Waals surface area contributed by atoms with Crippen LogP contribution in [-0.2, 0) is 6.42 Å². The van der Waals surface area contributed by atoms with Crippen molar-refractivity contribution in [3.8, 4) is 11.5 Å². The molecule has 8 heteroatoms. The number of hydrogen-bond acceptors (Lipinski definition) is 6. The van der Waals surface area contributed by atoms with E-state index in [4.69, 9.17) is 4.74 Å². The SMILES string of the molecule is CCN1C(=O)c2c(O)c(=O)c(C(=O)CCc3ccccc3OC)cn2N2CCCC[C@@H]12. The Balaban J connectivity index is 1.69. The minimum absolute atomic E-state index is 0.0636. The van der Waals surface area contributed by atoms with Gasteiger partial charge < -0.3 is 14.7 Å². The van der Waals surface area contributed by atoms with Gasteiger partial charge in [0.1, 0.15) is 11.9 Å². The van der Waals surface area contributed by atoms with Crippen molar-refractivity contribution in [1.29, 1.82) is 0 Å². The lowest BCUT2D eigenvalue weighted by atomic mass is 10.0. The molecule has 2 aliphatic rings. The summed E-state index contributed by atoms with van der Waals surface area (Å²) in [5.74, 6) is -0.731. The lowest BCUT2D eigenvalue weighted by Gasteiger charge is -2.48. The third kappa shape index (κ3) is 3.56. The van der Waals surface area contributed by atoms with Crippen LogP contribution in [0, 0.1) is 0 Å². The zero-order valence-corrected chi connectivity index (χ0v) is 17.8. The number of carbonyl (C=O) groups excluding carboxylic acids is 2. The Hall–Kier alpha value is -3.29. The van der Waals surface area contributed by atoms with Gasteiger partial charge in [0.25, 0.3) is 5.91 Å². The zero-order chi connectivity index (χ0) is 22.1. The summed E-state index contributed by atoms with van der Waals surface area (Å²) in [6.45, 7) is 3.04. The maximum Gasteiger partial charge on any atom is 0.278 e. The number of rotatable bonds is 6. The lowest BCUT2D eigenvalue weighted by Crippen LogP contribution is -2.63. The quantitative estimate of drug-likeness (QED) is 0.714. The molecule has 31 heavy (non-hydrogen) atoms. The van der Waals surface area contributed by atoms with Gasteiger partial charge in [0, 0.05) is 25.7 Å². The molecule has 8 nitrogen and oxygen atoms in total. The van der Waals surface area contributed by atoms with E-state index in [2.05, 4.69) is 0 Å². The molecule has 0 aliphatic carbocycles. The normalized spacial score (nSPS) is 17.9. The Bertz CT molecular complexity index is 1080. The van der Waals surface area contributed by atoms with Gasteiger partial charge >= 0.3 is 0 Å². The number of para-hydroxylation sites is 1. The molecule has 164 valence electrons. The molecule has 1 aromatic heterocycles. The molecule has 0 unspecified atom stereocenters. The second kappa shape index (κ2) is 8.45. The maximum atomic E-state index is 13.0. The van der Waals surface area contributed by atoms with Crippen molar-refractivity contribution in [3.63, 3.8) is 0 Å². The highest BCUT2D eigenvalue weighted by Gasteiger charge is 2.40. The molecular formula is C23H27N3O5. The number of hydrogen-bond donors (Lipinski definition) is 1. The summed E-state index contributed by atoms with van der Waals surface area (Å²) >= 11 is 0. The standard InChI is InChI=1S/C23H27N3O5/c1-3-24-19-10-6-7-13-25(19)26-14-16(21(28)22(29)20(26)23(24)30)17(27)12-11-15-8-4-5-9-18(15)31-2/h4-5,8-9,14,19,29H,3,6-7,10-13H2,1-2H3/t19-/m0/s1. The molecular weight excluding hydrogens is 398 g/mol. The number of ether oxygens (including phenoxy) is 1. The van der Waals surface area contributed by atoms with Gasteiger partial charge in [0.2, 0.25) is 5.43 Å². The van der Waals surface area contributed by atoms with E-state index in [1.807, 2.05) is 36.2 Å². The van der Waals surface area contributed by atoms with Crippen molar-refractivity contribution in [3.05, 3.63) is 57.5 Å². The van der Waals surface area contributed by atoms with Crippen molar-refractivity contribution in [2.45, 2.75) is 45.2 Å². The molecule has 0 radical (unpaired) electrons. The Labute approximate surface area is 180 Å². The fraction of sp³-hybridized carbons (Fsp3) is 0.435. The number of aryl methyl sites for hydroxylation is 1. The molecule has 0 bridgehead atoms. The van der Waals surface area contributed by atoms with Gasteiger partial charge in [-0.1, -0.05) is 18.2 Å². The number of aromatic nitrogens is 1. The largest absolute Gasteiger partial charge is 0.502 e. The highest BCUT2D eigenvalue weighted by molar-refractivity contribution is 6.00. The number of aromatic hydroxyl groups is 1. The number of carbonyl (C=O) groups is 2. The average molecular weight is 425 g/mol. The van der Waals surface area contributed by atoms with Crippen LogP contribution in [0.3, 0.4) is 0 Å². The number of pyridine rings is 1. The molecule has 4 rings (SSSR count). The first-order chi connectivity index (χ1) is 15.0. The summed E-state index contributed by atoms with van der Waals surface area (Å²) in [4.78, 5) is 40.5. The molecule has 0 spiro atoms. The zero-order valence-electron chi connectivity index (χ0n) is 17.8. The van der Waals surface area contributed by atoms with Crippen LogP contribution in [-0.4, -0.2) is 52.7 Å². The number of amides is 1. The van der Waals surface area contributed by atoms with Gasteiger partial charge in [0.05, 0.1) is 12.7 Å². The van der Waals surface area contributed by atoms with Gasteiger partial charge in [-0.2, -0.15) is 0 Å². The first-order valence-electron chi connectivity index (χ1n) is 10.7. The molecule has 1 fully saturated rings. The second-order valence-corrected chi connectivity index (χ2v) is 7.88. The number of Topliss-reactive ketones (excluding diaryl/α,β-unsaturated/α-hetero) is 1. The molecule has 1 saturated heterocycles. The van der Waals surface area contributed by atoms with Crippen molar-refractivity contribution in [2.24, 2.45) is 0 Å². The summed E-state index contributed by atoms with van der Waals surface area (Å²) in [6.07, 6.45) is 4.53. The number of piperidine rings is 1. The predicted octanol–water partition coefficient (Wildman–Crippen LogP) is 2.30. The topological polar surface area (TPSA) is 92.1 Å². The first-order valence-corrected chi connectivity index (χ1v) is 10.7. The highest BCUT2D eigenvalue weighted by atomic mass is 16.5. The van der Waals surface area contributed by atoms with Crippen LogP contribution in [0.15, 0.2) is 35.3 Å². The van der Waals surface area contributed by atoms with Crippen LogP contribution >= 0.6 is 0 Å². The fourth-order valence-corrected chi connectivity index (χ4v) is 4.57. The van der Waals surface area contributed by atoms with Crippen LogP contribution in [0.25, 0.3) is 0 Å². The van der Waals surface area contributed by atoms with Crippen LogP contribution in [0.2, 0.25) is 0 Å².